The van der Waals surface area contributed by atoms with Crippen LogP contribution in [0.3, 0.4) is 0 Å². The third-order valence-electron chi connectivity index (χ3n) is 8.17. The number of aromatic amines is 1. The Hall–Kier alpha value is -3.28. The van der Waals surface area contributed by atoms with E-state index < -0.39 is 6.03 Å². The van der Waals surface area contributed by atoms with Crippen LogP contribution in [0.5, 0.6) is 0 Å². The summed E-state index contributed by atoms with van der Waals surface area (Å²) in [6.07, 6.45) is 3.27. The van der Waals surface area contributed by atoms with Gasteiger partial charge >= 0.3 is 6.03 Å². The van der Waals surface area contributed by atoms with E-state index in [2.05, 4.69) is 15.5 Å². The zero-order valence-electron chi connectivity index (χ0n) is 20.9. The van der Waals surface area contributed by atoms with Gasteiger partial charge in [0.15, 0.2) is 5.78 Å². The van der Waals surface area contributed by atoms with Gasteiger partial charge in [-0.15, -0.1) is 0 Å². The first-order valence-electron chi connectivity index (χ1n) is 13.2. The lowest BCUT2D eigenvalue weighted by Gasteiger charge is -2.36. The molecule has 4 N–H and O–H groups in total. The molecule has 0 bridgehead atoms. The summed E-state index contributed by atoms with van der Waals surface area (Å²) in [5.74, 6) is 0.305. The molecule has 1 saturated carbocycles. The number of hydrogen-bond acceptors (Lipinski definition) is 7. The van der Waals surface area contributed by atoms with Crippen molar-refractivity contribution < 1.29 is 19.1 Å². The van der Waals surface area contributed by atoms with E-state index in [9.17, 15) is 14.4 Å². The normalized spacial score (nSPS) is 24.0. The molecule has 37 heavy (non-hydrogen) atoms. The van der Waals surface area contributed by atoms with Crippen molar-refractivity contribution in [1.82, 2.24) is 25.4 Å². The van der Waals surface area contributed by atoms with Crippen LogP contribution >= 0.6 is 0 Å². The Morgan fingerprint density at radius 2 is 1.76 bits per heavy atom. The van der Waals surface area contributed by atoms with E-state index in [0.717, 1.165) is 57.6 Å². The number of hydrazine groups is 1. The quantitative estimate of drug-likeness (QED) is 0.486. The summed E-state index contributed by atoms with van der Waals surface area (Å²) in [6, 6.07) is 4.82. The molecule has 6 rings (SSSR count). The van der Waals surface area contributed by atoms with Gasteiger partial charge < -0.3 is 20.7 Å². The summed E-state index contributed by atoms with van der Waals surface area (Å²) in [7, 11) is 0. The van der Waals surface area contributed by atoms with Crippen LogP contribution < -0.4 is 16.1 Å². The zero-order valence-corrected chi connectivity index (χ0v) is 20.9. The fraction of sp³-hybridized carbons (Fsp3) is 0.538. The molecule has 11 heteroatoms. The summed E-state index contributed by atoms with van der Waals surface area (Å²) in [5, 5.41) is 14.2. The van der Waals surface area contributed by atoms with Crippen molar-refractivity contribution in [2.75, 3.05) is 57.5 Å². The number of nitrogens with zero attached hydrogens (tertiary/aromatic N) is 4. The van der Waals surface area contributed by atoms with Crippen LogP contribution in [0.4, 0.5) is 10.5 Å². The minimum absolute atomic E-state index is 0.0440. The van der Waals surface area contributed by atoms with Crippen LogP contribution in [0.25, 0.3) is 11.3 Å². The highest BCUT2D eigenvalue weighted by Gasteiger charge is 2.40. The molecule has 1 aromatic carbocycles. The van der Waals surface area contributed by atoms with Gasteiger partial charge in [-0.05, 0) is 31.7 Å². The number of amides is 3. The monoisotopic (exact) mass is 507 g/mol. The SMILES string of the molecule is NC(=O)N(c1cccc2c1C(=O)c1c-2n[nH]c1[C@H]1CC[C@H](C(=O)N2CCNCC2)CC1)N1CCOCC1. The number of carbonyl (C=O) groups is 3. The highest BCUT2D eigenvalue weighted by molar-refractivity contribution is 6.25. The molecule has 4 aliphatic rings. The van der Waals surface area contributed by atoms with E-state index in [4.69, 9.17) is 10.5 Å². The van der Waals surface area contributed by atoms with Crippen LogP contribution in [0, 0.1) is 5.92 Å². The van der Waals surface area contributed by atoms with Crippen molar-refractivity contribution in [3.05, 3.63) is 35.0 Å². The van der Waals surface area contributed by atoms with Crippen LogP contribution in [0.2, 0.25) is 0 Å². The zero-order chi connectivity index (χ0) is 25.5. The number of carbonyl (C=O) groups excluding carboxylic acids is 3. The smallest absolute Gasteiger partial charge is 0.334 e. The minimum atomic E-state index is -0.637. The molecule has 3 heterocycles. The number of urea groups is 1. The number of morpholine rings is 1. The van der Waals surface area contributed by atoms with Gasteiger partial charge in [0.05, 0.1) is 35.7 Å². The summed E-state index contributed by atoms with van der Waals surface area (Å²) in [6.45, 7) is 5.23. The molecule has 11 nitrogen and oxygen atoms in total. The maximum atomic E-state index is 13.9. The largest absolute Gasteiger partial charge is 0.379 e. The molecular weight excluding hydrogens is 474 g/mol. The second-order valence-electron chi connectivity index (χ2n) is 10.2. The fourth-order valence-corrected chi connectivity index (χ4v) is 6.29. The summed E-state index contributed by atoms with van der Waals surface area (Å²) in [5.41, 5.74) is 9.50. The lowest BCUT2D eigenvalue weighted by Crippen LogP contribution is -2.54. The van der Waals surface area contributed by atoms with Crippen LogP contribution in [0.1, 0.15) is 53.2 Å². The van der Waals surface area contributed by atoms with Crippen LogP contribution in [0.15, 0.2) is 18.2 Å². The van der Waals surface area contributed by atoms with Gasteiger partial charge in [-0.25, -0.2) is 14.8 Å². The molecule has 0 unspecified atom stereocenters. The predicted molar refractivity (Wildman–Crippen MR) is 136 cm³/mol. The van der Waals surface area contributed by atoms with Gasteiger partial charge in [-0.1, -0.05) is 12.1 Å². The Morgan fingerprint density at radius 3 is 2.46 bits per heavy atom. The van der Waals surface area contributed by atoms with Gasteiger partial charge in [0.1, 0.15) is 5.69 Å². The van der Waals surface area contributed by atoms with E-state index in [-0.39, 0.29) is 23.5 Å². The number of nitrogens with one attached hydrogen (secondary N) is 2. The Morgan fingerprint density at radius 1 is 1.03 bits per heavy atom. The van der Waals surface area contributed by atoms with Crippen molar-refractivity contribution in [1.29, 1.82) is 0 Å². The lowest BCUT2D eigenvalue weighted by atomic mass is 9.78. The van der Waals surface area contributed by atoms with E-state index >= 15 is 0 Å². The molecule has 2 aliphatic carbocycles. The topological polar surface area (TPSA) is 137 Å². The third kappa shape index (κ3) is 4.20. The number of ether oxygens (including phenoxy) is 1. The fourth-order valence-electron chi connectivity index (χ4n) is 6.29. The highest BCUT2D eigenvalue weighted by Crippen LogP contribution is 2.46. The van der Waals surface area contributed by atoms with Crippen LogP contribution in [-0.4, -0.2) is 90.3 Å². The van der Waals surface area contributed by atoms with Crippen LogP contribution in [-0.2, 0) is 9.53 Å². The lowest BCUT2D eigenvalue weighted by molar-refractivity contribution is -0.137. The molecule has 196 valence electrons. The first-order chi connectivity index (χ1) is 18.0. The number of ketones is 1. The number of hydrogen-bond donors (Lipinski definition) is 3. The number of nitrogens with two attached hydrogens (primary N) is 1. The highest BCUT2D eigenvalue weighted by atomic mass is 16.5. The van der Waals surface area contributed by atoms with Gasteiger partial charge in [-0.3, -0.25) is 14.7 Å². The first-order valence-corrected chi connectivity index (χ1v) is 13.2. The second kappa shape index (κ2) is 9.88. The number of benzene rings is 1. The predicted octanol–water partition coefficient (Wildman–Crippen LogP) is 1.46. The molecule has 2 saturated heterocycles. The maximum absolute atomic E-state index is 13.9. The molecule has 1 aromatic heterocycles. The van der Waals surface area contributed by atoms with Gasteiger partial charge in [-0.2, -0.15) is 5.10 Å². The number of primary amides is 1. The van der Waals surface area contributed by atoms with E-state index in [1.165, 1.54) is 5.01 Å². The molecule has 2 aliphatic heterocycles. The molecular formula is C26H33N7O4. The molecule has 0 radical (unpaired) electrons. The number of aromatic nitrogens is 2. The minimum Gasteiger partial charge on any atom is -0.379 e. The molecule has 0 atom stereocenters. The number of anilines is 1. The van der Waals surface area contributed by atoms with Crippen molar-refractivity contribution in [2.45, 2.75) is 31.6 Å². The molecule has 3 fully saturated rings. The van der Waals surface area contributed by atoms with E-state index in [1.807, 2.05) is 22.0 Å². The van der Waals surface area contributed by atoms with Crippen molar-refractivity contribution in [3.8, 4) is 11.3 Å². The molecule has 0 spiro atoms. The summed E-state index contributed by atoms with van der Waals surface area (Å²) >= 11 is 0. The second-order valence-corrected chi connectivity index (χ2v) is 10.2. The van der Waals surface area contributed by atoms with Crippen molar-refractivity contribution in [2.24, 2.45) is 11.7 Å². The number of rotatable bonds is 4. The third-order valence-corrected chi connectivity index (χ3v) is 8.17. The number of fused-ring (bicyclic) bond motifs is 3. The van der Waals surface area contributed by atoms with Crippen molar-refractivity contribution >= 4 is 23.4 Å². The average Bonchev–Trinajstić information content (AvgIpc) is 3.49. The molecule has 2 aromatic rings. The van der Waals surface area contributed by atoms with E-state index in [1.54, 1.807) is 6.07 Å². The van der Waals surface area contributed by atoms with Gasteiger partial charge in [0.25, 0.3) is 0 Å². The first kappa shape index (κ1) is 24.1. The Balaban J connectivity index is 1.23. The standard InChI is InChI=1S/C26H33N7O4/c27-26(36)33(32-12-14-37-15-13-32)19-3-1-2-18-20(19)24(34)21-22(29-30-23(18)21)16-4-6-17(7-5-16)25(35)31-10-8-28-9-11-31/h1-3,16-17,28H,4-15H2,(H2,27,36)(H,29,30)/t16-,17-. The van der Waals surface area contributed by atoms with Crippen molar-refractivity contribution in [3.63, 3.8) is 0 Å². The summed E-state index contributed by atoms with van der Waals surface area (Å²) in [4.78, 5) is 41.4. The number of piperazine rings is 1. The Kier molecular flexibility index (Phi) is 6.43. The number of H-pyrrole nitrogens is 1. The Labute approximate surface area is 215 Å². The van der Waals surface area contributed by atoms with Gasteiger partial charge in [0, 0.05) is 56.7 Å². The summed E-state index contributed by atoms with van der Waals surface area (Å²) < 4.78 is 5.43. The Bertz CT molecular complexity index is 1210. The average molecular weight is 508 g/mol. The maximum Gasteiger partial charge on any atom is 0.334 e. The van der Waals surface area contributed by atoms with Gasteiger partial charge in [0.2, 0.25) is 5.91 Å². The molecule has 3 amide bonds. The van der Waals surface area contributed by atoms with E-state index in [0.29, 0.717) is 54.4 Å².